The molecule has 128 valence electrons. The highest BCUT2D eigenvalue weighted by molar-refractivity contribution is 7.21. The van der Waals surface area contributed by atoms with Crippen molar-refractivity contribution < 1.29 is 14.3 Å². The number of para-hydroxylation sites is 1. The Morgan fingerprint density at radius 2 is 1.96 bits per heavy atom. The Bertz CT molecular complexity index is 890. The number of hydrogen-bond donors (Lipinski definition) is 1. The summed E-state index contributed by atoms with van der Waals surface area (Å²) in [4.78, 5) is 36.7. The number of hydrogen-bond acceptors (Lipinski definition) is 7. The van der Waals surface area contributed by atoms with Gasteiger partial charge in [-0.3, -0.25) is 4.79 Å². The number of esters is 1. The minimum atomic E-state index is -0.707. The first kappa shape index (κ1) is 17.0. The highest BCUT2D eigenvalue weighted by Gasteiger charge is 2.21. The number of thiazole rings is 1. The third-order valence-electron chi connectivity index (χ3n) is 3.17. The first-order chi connectivity index (χ1) is 12.0. The van der Waals surface area contributed by atoms with Gasteiger partial charge in [0.15, 0.2) is 12.3 Å². The van der Waals surface area contributed by atoms with Crippen LogP contribution in [0, 0.1) is 0 Å². The number of carbonyl (C=O) groups is 2. The number of aromatic nitrogens is 3. The summed E-state index contributed by atoms with van der Waals surface area (Å²) in [6.07, 6.45) is 2.89. The predicted octanol–water partition coefficient (Wildman–Crippen LogP) is 2.43. The van der Waals surface area contributed by atoms with E-state index in [1.165, 1.54) is 23.7 Å². The number of fused-ring (bicyclic) bond motifs is 1. The molecule has 0 saturated carbocycles. The molecule has 7 nitrogen and oxygen atoms in total. The molecule has 0 aliphatic heterocycles. The Labute approximate surface area is 148 Å². The van der Waals surface area contributed by atoms with Gasteiger partial charge in [-0.15, -0.1) is 11.3 Å². The molecular formula is C17H16N4O3S. The maximum atomic E-state index is 12.3. The molecule has 2 heterocycles. The molecule has 1 aromatic carbocycles. The van der Waals surface area contributed by atoms with Crippen LogP contribution in [0.15, 0.2) is 36.7 Å². The highest BCUT2D eigenvalue weighted by Crippen LogP contribution is 2.30. The molecule has 0 atom stereocenters. The van der Waals surface area contributed by atoms with Crippen LogP contribution in [0.25, 0.3) is 20.9 Å². The average Bonchev–Trinajstić information content (AvgIpc) is 3.03. The van der Waals surface area contributed by atoms with Gasteiger partial charge in [0.2, 0.25) is 0 Å². The second-order valence-electron chi connectivity index (χ2n) is 5.54. The van der Waals surface area contributed by atoms with Gasteiger partial charge in [-0.05, 0) is 26.0 Å². The largest absolute Gasteiger partial charge is 0.451 e. The lowest BCUT2D eigenvalue weighted by Gasteiger charge is -2.09. The zero-order chi connectivity index (χ0) is 17.8. The lowest BCUT2D eigenvalue weighted by Crippen LogP contribution is -2.34. The maximum absolute atomic E-state index is 12.3. The number of nitrogens with zero attached hydrogens (tertiary/aromatic N) is 3. The molecule has 0 fully saturated rings. The predicted molar refractivity (Wildman–Crippen MR) is 94.2 cm³/mol. The van der Waals surface area contributed by atoms with E-state index in [1.54, 1.807) is 0 Å². The Hall–Kier alpha value is -2.87. The quantitative estimate of drug-likeness (QED) is 0.706. The Morgan fingerprint density at radius 1 is 1.20 bits per heavy atom. The van der Waals surface area contributed by atoms with Crippen molar-refractivity contribution in [2.75, 3.05) is 6.61 Å². The van der Waals surface area contributed by atoms with Crippen molar-refractivity contribution in [3.8, 4) is 10.7 Å². The van der Waals surface area contributed by atoms with Gasteiger partial charge in [0.1, 0.15) is 10.7 Å². The molecule has 3 aromatic rings. The number of carbonyl (C=O) groups excluding carboxylic acids is 2. The monoisotopic (exact) mass is 356 g/mol. The molecule has 25 heavy (non-hydrogen) atoms. The van der Waals surface area contributed by atoms with E-state index < -0.39 is 5.97 Å². The lowest BCUT2D eigenvalue weighted by molar-refractivity contribution is -0.124. The van der Waals surface area contributed by atoms with Crippen molar-refractivity contribution in [2.45, 2.75) is 19.9 Å². The standard InChI is InChI=1S/C17H16N4O3S/c1-10(2)20-13(22)9-24-17(23)15-14(18-7-8-19-15)16-21-11-5-3-4-6-12(11)25-16/h3-8,10H,9H2,1-2H3,(H,20,22). The van der Waals surface area contributed by atoms with Crippen molar-refractivity contribution in [1.29, 1.82) is 0 Å². The fraction of sp³-hybridized carbons (Fsp3) is 0.235. The first-order valence-electron chi connectivity index (χ1n) is 7.68. The van der Waals surface area contributed by atoms with E-state index in [0.717, 1.165) is 10.2 Å². The van der Waals surface area contributed by atoms with Crippen LogP contribution in [0.4, 0.5) is 0 Å². The number of amides is 1. The van der Waals surface area contributed by atoms with E-state index >= 15 is 0 Å². The summed E-state index contributed by atoms with van der Waals surface area (Å²) in [5.74, 6) is -1.07. The first-order valence-corrected chi connectivity index (χ1v) is 8.49. The molecule has 0 saturated heterocycles. The Kier molecular flexibility index (Phi) is 4.99. The minimum absolute atomic E-state index is 0.0268. The highest BCUT2D eigenvalue weighted by atomic mass is 32.1. The van der Waals surface area contributed by atoms with Crippen LogP contribution in [0.5, 0.6) is 0 Å². The van der Waals surface area contributed by atoms with Gasteiger partial charge in [-0.2, -0.15) is 0 Å². The molecule has 0 aliphatic rings. The summed E-state index contributed by atoms with van der Waals surface area (Å²) in [6, 6.07) is 7.62. The SMILES string of the molecule is CC(C)NC(=O)COC(=O)c1nccnc1-c1nc2ccccc2s1. The van der Waals surface area contributed by atoms with Gasteiger partial charge in [-0.1, -0.05) is 12.1 Å². The minimum Gasteiger partial charge on any atom is -0.451 e. The number of benzene rings is 1. The van der Waals surface area contributed by atoms with Crippen molar-refractivity contribution in [3.63, 3.8) is 0 Å². The summed E-state index contributed by atoms with van der Waals surface area (Å²) in [5, 5.41) is 3.23. The molecule has 0 radical (unpaired) electrons. The van der Waals surface area contributed by atoms with E-state index in [1.807, 2.05) is 38.1 Å². The molecule has 8 heteroatoms. The van der Waals surface area contributed by atoms with Crippen molar-refractivity contribution in [1.82, 2.24) is 20.3 Å². The van der Waals surface area contributed by atoms with Gasteiger partial charge in [-0.25, -0.2) is 19.7 Å². The van der Waals surface area contributed by atoms with Gasteiger partial charge >= 0.3 is 5.97 Å². The Morgan fingerprint density at radius 3 is 2.72 bits per heavy atom. The average molecular weight is 356 g/mol. The second kappa shape index (κ2) is 7.35. The molecule has 1 amide bonds. The van der Waals surface area contributed by atoms with Crippen LogP contribution in [-0.2, 0) is 9.53 Å². The smallest absolute Gasteiger partial charge is 0.359 e. The summed E-state index contributed by atoms with van der Waals surface area (Å²) in [6.45, 7) is 3.29. The number of nitrogens with one attached hydrogen (secondary N) is 1. The van der Waals surface area contributed by atoms with Crippen LogP contribution in [0.1, 0.15) is 24.3 Å². The molecule has 0 aliphatic carbocycles. The molecule has 3 rings (SSSR count). The summed E-state index contributed by atoms with van der Waals surface area (Å²) in [5.41, 5.74) is 1.21. The van der Waals surface area contributed by atoms with Gasteiger partial charge in [0, 0.05) is 18.4 Å². The second-order valence-corrected chi connectivity index (χ2v) is 6.57. The molecular weight excluding hydrogens is 340 g/mol. The third kappa shape index (κ3) is 3.97. The molecule has 2 aromatic heterocycles. The molecule has 0 spiro atoms. The normalized spacial score (nSPS) is 10.8. The summed E-state index contributed by atoms with van der Waals surface area (Å²) in [7, 11) is 0. The maximum Gasteiger partial charge on any atom is 0.359 e. The van der Waals surface area contributed by atoms with E-state index in [4.69, 9.17) is 4.74 Å². The fourth-order valence-corrected chi connectivity index (χ4v) is 3.14. The van der Waals surface area contributed by atoms with Gasteiger partial charge in [0.05, 0.1) is 10.2 Å². The van der Waals surface area contributed by atoms with E-state index in [-0.39, 0.29) is 24.2 Å². The van der Waals surface area contributed by atoms with Gasteiger partial charge in [0.25, 0.3) is 5.91 Å². The summed E-state index contributed by atoms with van der Waals surface area (Å²) >= 11 is 1.41. The Balaban J connectivity index is 1.83. The third-order valence-corrected chi connectivity index (χ3v) is 4.22. The molecule has 1 N–H and O–H groups in total. The van der Waals surface area contributed by atoms with Gasteiger partial charge < -0.3 is 10.1 Å². The van der Waals surface area contributed by atoms with Crippen molar-refractivity contribution in [2.24, 2.45) is 0 Å². The van der Waals surface area contributed by atoms with Crippen LogP contribution < -0.4 is 5.32 Å². The number of rotatable bonds is 5. The summed E-state index contributed by atoms with van der Waals surface area (Å²) < 4.78 is 6.04. The molecule has 0 bridgehead atoms. The zero-order valence-electron chi connectivity index (χ0n) is 13.7. The van der Waals surface area contributed by atoms with Crippen LogP contribution in [-0.4, -0.2) is 39.5 Å². The van der Waals surface area contributed by atoms with E-state index in [0.29, 0.717) is 10.7 Å². The fourth-order valence-electron chi connectivity index (χ4n) is 2.18. The van der Waals surface area contributed by atoms with Crippen LogP contribution in [0.2, 0.25) is 0 Å². The van der Waals surface area contributed by atoms with Crippen molar-refractivity contribution in [3.05, 3.63) is 42.4 Å². The van der Waals surface area contributed by atoms with E-state index in [2.05, 4.69) is 20.3 Å². The zero-order valence-corrected chi connectivity index (χ0v) is 14.5. The van der Waals surface area contributed by atoms with Crippen LogP contribution >= 0.6 is 11.3 Å². The van der Waals surface area contributed by atoms with Crippen molar-refractivity contribution >= 4 is 33.4 Å². The molecule has 0 unspecified atom stereocenters. The number of ether oxygens (including phenoxy) is 1. The lowest BCUT2D eigenvalue weighted by atomic mass is 10.3. The van der Waals surface area contributed by atoms with E-state index in [9.17, 15) is 9.59 Å². The van der Waals surface area contributed by atoms with Crippen LogP contribution in [0.3, 0.4) is 0 Å². The topological polar surface area (TPSA) is 94.1 Å².